The minimum Gasteiger partial charge on any atom is -0.400 e. The molecule has 0 saturated carbocycles. The van der Waals surface area contributed by atoms with E-state index >= 15 is 0 Å². The molecule has 130 valence electrons. The average molecular weight is 454 g/mol. The molecule has 0 aromatic rings. The second-order valence-corrected chi connectivity index (χ2v) is 13.1. The maximum absolute atomic E-state index is 11.5. The van der Waals surface area contributed by atoms with Crippen molar-refractivity contribution in [2.45, 2.75) is 70.7 Å². The highest BCUT2D eigenvalue weighted by Crippen LogP contribution is 2.43. The molecule has 0 aromatic heterocycles. The number of rotatable bonds is 3. The minimum absolute atomic E-state index is 0.0990. The smallest absolute Gasteiger partial charge is 0.194 e. The van der Waals surface area contributed by atoms with Gasteiger partial charge in [-0.1, -0.05) is 44.1 Å². The average Bonchev–Trinajstić information content (AvgIpc) is 2.48. The van der Waals surface area contributed by atoms with Crippen LogP contribution in [-0.4, -0.2) is 20.2 Å². The Bertz CT molecular complexity index is 660. The van der Waals surface area contributed by atoms with Gasteiger partial charge in [-0.2, -0.15) is 0 Å². The molecule has 0 aromatic carbocycles. The molecule has 0 aliphatic heterocycles. The number of allylic oxidation sites excluding steroid dienone is 3. The molecule has 0 bridgehead atoms. The Balaban J connectivity index is 3.22. The number of hydrogen-bond donors (Lipinski definition) is 0. The molecule has 0 heterocycles. The van der Waals surface area contributed by atoms with E-state index in [-0.39, 0.29) is 5.04 Å². The fourth-order valence-electron chi connectivity index (χ4n) is 2.39. The van der Waals surface area contributed by atoms with Gasteiger partial charge in [-0.3, -0.25) is 4.79 Å². The van der Waals surface area contributed by atoms with Gasteiger partial charge < -0.3 is 4.43 Å². The van der Waals surface area contributed by atoms with Crippen molar-refractivity contribution < 1.29 is 9.22 Å². The van der Waals surface area contributed by atoms with Crippen molar-refractivity contribution >= 4 is 37.2 Å². The lowest BCUT2D eigenvalue weighted by Gasteiger charge is -2.45. The summed E-state index contributed by atoms with van der Waals surface area (Å²) in [5.74, 6) is 9.26. The maximum Gasteiger partial charge on any atom is 0.194 e. The van der Waals surface area contributed by atoms with Crippen LogP contribution in [0.15, 0.2) is 23.3 Å². The molecule has 24 heavy (non-hydrogen) atoms. The summed E-state index contributed by atoms with van der Waals surface area (Å²) in [5.41, 5.74) is 1.43. The molecular weight excluding hydrogens is 427 g/mol. The van der Waals surface area contributed by atoms with E-state index in [1.165, 1.54) is 0 Å². The first-order valence-electron chi connectivity index (χ1n) is 8.20. The van der Waals surface area contributed by atoms with Gasteiger partial charge >= 0.3 is 0 Å². The van der Waals surface area contributed by atoms with Crippen molar-refractivity contribution in [2.24, 2.45) is 0 Å². The van der Waals surface area contributed by atoms with Gasteiger partial charge in [0.05, 0.1) is 0 Å². The van der Waals surface area contributed by atoms with Crippen LogP contribution in [0.4, 0.5) is 0 Å². The van der Waals surface area contributed by atoms with Gasteiger partial charge in [0.15, 0.2) is 8.32 Å². The van der Waals surface area contributed by atoms with E-state index in [9.17, 15) is 4.79 Å². The molecule has 1 unspecified atom stereocenters. The van der Waals surface area contributed by atoms with Crippen molar-refractivity contribution in [2.75, 3.05) is 0 Å². The zero-order chi connectivity index (χ0) is 18.4. The molecule has 0 saturated heterocycles. The maximum atomic E-state index is 11.5. The largest absolute Gasteiger partial charge is 0.400 e. The van der Waals surface area contributed by atoms with Crippen LogP contribution in [0.5, 0.6) is 0 Å². The molecule has 0 N–H and O–H groups in total. The summed E-state index contributed by atoms with van der Waals surface area (Å²) >= 11 is 2.00. The van der Waals surface area contributed by atoms with E-state index in [1.54, 1.807) is 12.2 Å². The SMILES string of the molecule is CC1=C(C=O)CC(C#C/C=C\C#CI)(O[Si](C)(C)C(C)(C)C)CC1. The summed E-state index contributed by atoms with van der Waals surface area (Å²) in [5, 5.41) is 0.0990. The number of hydrogen-bond acceptors (Lipinski definition) is 2. The first-order chi connectivity index (χ1) is 11.1. The zero-order valence-electron chi connectivity index (χ0n) is 15.5. The van der Waals surface area contributed by atoms with Crippen LogP contribution in [0.3, 0.4) is 0 Å². The highest BCUT2D eigenvalue weighted by Gasteiger charge is 2.45. The molecule has 2 nitrogen and oxygen atoms in total. The van der Waals surface area contributed by atoms with Crippen molar-refractivity contribution in [3.8, 4) is 21.7 Å². The highest BCUT2D eigenvalue weighted by molar-refractivity contribution is 14.1. The highest BCUT2D eigenvalue weighted by atomic mass is 127. The quantitative estimate of drug-likeness (QED) is 0.247. The fraction of sp³-hybridized carbons (Fsp3) is 0.550. The van der Waals surface area contributed by atoms with Crippen LogP contribution in [0.2, 0.25) is 18.1 Å². The van der Waals surface area contributed by atoms with Crippen LogP contribution in [-0.2, 0) is 9.22 Å². The summed E-state index contributed by atoms with van der Waals surface area (Å²) < 4.78 is 9.50. The summed E-state index contributed by atoms with van der Waals surface area (Å²) in [4.78, 5) is 11.5. The number of halogens is 1. The molecule has 1 rings (SSSR count). The Morgan fingerprint density at radius 2 is 1.88 bits per heavy atom. The third-order valence-electron chi connectivity index (χ3n) is 4.93. The van der Waals surface area contributed by atoms with Crippen molar-refractivity contribution in [1.29, 1.82) is 0 Å². The molecule has 0 amide bonds. The lowest BCUT2D eigenvalue weighted by Crippen LogP contribution is -2.50. The van der Waals surface area contributed by atoms with Crippen LogP contribution >= 0.6 is 22.6 Å². The van der Waals surface area contributed by atoms with Crippen molar-refractivity contribution in [1.82, 2.24) is 0 Å². The standard InChI is InChI=1S/C20H27IO2Si/c1-17-11-13-20(15-18(17)16-22,12-9-7-8-10-14-21)23-24(5,6)19(2,3)4/h7-8,16H,11,13,15H2,1-6H3/b8-7-. The molecule has 1 atom stereocenters. The normalized spacial score (nSPS) is 21.8. The molecule has 4 heteroatoms. The van der Waals surface area contributed by atoms with Gasteiger partial charge in [-0.15, -0.1) is 0 Å². The first kappa shape index (κ1) is 21.2. The van der Waals surface area contributed by atoms with Gasteiger partial charge in [-0.05, 0) is 59.5 Å². The number of carbonyl (C=O) groups excluding carboxylic acids is 1. The van der Waals surface area contributed by atoms with Gasteiger partial charge in [0.25, 0.3) is 0 Å². The van der Waals surface area contributed by atoms with Crippen LogP contribution in [0, 0.1) is 21.7 Å². The van der Waals surface area contributed by atoms with E-state index in [4.69, 9.17) is 4.43 Å². The molecule has 1 aliphatic carbocycles. The topological polar surface area (TPSA) is 26.3 Å². The summed E-state index contributed by atoms with van der Waals surface area (Å²) in [6, 6.07) is 0. The van der Waals surface area contributed by atoms with E-state index in [0.29, 0.717) is 6.42 Å². The Morgan fingerprint density at radius 3 is 2.42 bits per heavy atom. The summed E-state index contributed by atoms with van der Waals surface area (Å²) in [6.07, 6.45) is 6.74. The monoisotopic (exact) mass is 454 g/mol. The molecule has 1 aliphatic rings. The summed E-state index contributed by atoms with van der Waals surface area (Å²) in [7, 11) is -2.00. The van der Waals surface area contributed by atoms with Crippen LogP contribution in [0.1, 0.15) is 47.0 Å². The van der Waals surface area contributed by atoms with Crippen molar-refractivity contribution in [3.05, 3.63) is 23.3 Å². The predicted octanol–water partition coefficient (Wildman–Crippen LogP) is 5.40. The van der Waals surface area contributed by atoms with Crippen LogP contribution in [0.25, 0.3) is 0 Å². The Kier molecular flexibility index (Phi) is 7.53. The van der Waals surface area contributed by atoms with E-state index in [0.717, 1.165) is 30.3 Å². The molecular formula is C20H27IO2Si. The number of aldehydes is 1. The van der Waals surface area contributed by atoms with Gasteiger partial charge in [-0.25, -0.2) is 0 Å². The first-order valence-corrected chi connectivity index (χ1v) is 12.2. The fourth-order valence-corrected chi connectivity index (χ4v) is 4.08. The molecule has 0 radical (unpaired) electrons. The minimum atomic E-state index is -2.00. The molecule has 0 fully saturated rings. The second kappa shape index (κ2) is 8.51. The Hall–Kier alpha value is -0.823. The van der Waals surface area contributed by atoms with Gasteiger partial charge in [0, 0.05) is 29.0 Å². The van der Waals surface area contributed by atoms with Gasteiger partial charge in [0.2, 0.25) is 0 Å². The van der Waals surface area contributed by atoms with Gasteiger partial charge in [0.1, 0.15) is 11.9 Å². The lowest BCUT2D eigenvalue weighted by atomic mass is 9.81. The number of carbonyl (C=O) groups is 1. The van der Waals surface area contributed by atoms with E-state index in [1.807, 2.05) is 29.5 Å². The predicted molar refractivity (Wildman–Crippen MR) is 112 cm³/mol. The van der Waals surface area contributed by atoms with Crippen molar-refractivity contribution in [3.63, 3.8) is 0 Å². The summed E-state index contributed by atoms with van der Waals surface area (Å²) in [6.45, 7) is 13.2. The molecule has 0 spiro atoms. The zero-order valence-corrected chi connectivity index (χ0v) is 18.7. The van der Waals surface area contributed by atoms with E-state index < -0.39 is 13.9 Å². The Labute approximate surface area is 161 Å². The lowest BCUT2D eigenvalue weighted by molar-refractivity contribution is -0.105. The van der Waals surface area contributed by atoms with Crippen LogP contribution < -0.4 is 0 Å². The third-order valence-corrected chi connectivity index (χ3v) is 9.76. The Morgan fingerprint density at radius 1 is 1.25 bits per heavy atom. The third kappa shape index (κ3) is 5.62. The van der Waals surface area contributed by atoms with E-state index in [2.05, 4.69) is 55.6 Å². The second-order valence-electron chi connectivity index (χ2n) is 7.80.